The number of aryl methyl sites for hydroxylation is 1. The molecule has 0 unspecified atom stereocenters. The molecule has 122 valence electrons. The molecular weight excluding hydrogens is 296 g/mol. The molecule has 0 bridgehead atoms. The Morgan fingerprint density at radius 2 is 1.75 bits per heavy atom. The number of aromatic nitrogens is 1. The summed E-state index contributed by atoms with van der Waals surface area (Å²) in [5, 5.41) is 1.23. The van der Waals surface area contributed by atoms with Crippen LogP contribution in [0.25, 0.3) is 22.2 Å². The summed E-state index contributed by atoms with van der Waals surface area (Å²) in [6, 6.07) is 14.4. The molecule has 2 heterocycles. The number of carbonyl (C=O) groups is 1. The van der Waals surface area contributed by atoms with Crippen LogP contribution < -0.4 is 0 Å². The molecule has 24 heavy (non-hydrogen) atoms. The average molecular weight is 318 g/mol. The largest absolute Gasteiger partial charge is 0.309 e. The Balaban J connectivity index is 2.07. The summed E-state index contributed by atoms with van der Waals surface area (Å²) in [5.41, 5.74) is 6.65. The zero-order valence-electron chi connectivity index (χ0n) is 14.5. The van der Waals surface area contributed by atoms with Crippen molar-refractivity contribution in [1.29, 1.82) is 0 Å². The Kier molecular flexibility index (Phi) is 3.54. The lowest BCUT2D eigenvalue weighted by atomic mass is 9.98. The van der Waals surface area contributed by atoms with Gasteiger partial charge in [0.25, 0.3) is 5.91 Å². The Morgan fingerprint density at radius 1 is 1.00 bits per heavy atom. The van der Waals surface area contributed by atoms with Gasteiger partial charge in [0.15, 0.2) is 0 Å². The second-order valence-electron chi connectivity index (χ2n) is 6.73. The number of nitrogens with zero attached hydrogens (tertiary/aromatic N) is 2. The zero-order chi connectivity index (χ0) is 16.8. The summed E-state index contributed by atoms with van der Waals surface area (Å²) in [6.07, 6.45) is 1.87. The first kappa shape index (κ1) is 15.2. The molecule has 1 aliphatic heterocycles. The highest BCUT2D eigenvalue weighted by molar-refractivity contribution is 6.16. The summed E-state index contributed by atoms with van der Waals surface area (Å²) in [6.45, 7) is 3.12. The van der Waals surface area contributed by atoms with Crippen LogP contribution in [0.2, 0.25) is 0 Å². The average Bonchev–Trinajstić information content (AvgIpc) is 3.07. The van der Waals surface area contributed by atoms with Gasteiger partial charge in [0, 0.05) is 23.1 Å². The fourth-order valence-corrected chi connectivity index (χ4v) is 3.83. The number of carbonyl (C=O) groups excluding carboxylic acids is 1. The number of rotatable bonds is 4. The molecule has 0 aliphatic carbocycles. The minimum absolute atomic E-state index is 0.114. The molecule has 0 spiro atoms. The van der Waals surface area contributed by atoms with Gasteiger partial charge in [-0.2, -0.15) is 0 Å². The van der Waals surface area contributed by atoms with Crippen LogP contribution in [0.1, 0.15) is 28.4 Å². The molecule has 1 aliphatic rings. The van der Waals surface area contributed by atoms with Crippen LogP contribution >= 0.6 is 0 Å². The smallest absolute Gasteiger partial charge is 0.263 e. The maximum atomic E-state index is 13.1. The highest BCUT2D eigenvalue weighted by Gasteiger charge is 2.32. The van der Waals surface area contributed by atoms with E-state index in [9.17, 15) is 4.79 Å². The molecule has 3 aromatic rings. The van der Waals surface area contributed by atoms with Gasteiger partial charge in [-0.25, -0.2) is 0 Å². The monoisotopic (exact) mass is 318 g/mol. The fraction of sp³-hybridized carbons (Fsp3) is 0.286. The van der Waals surface area contributed by atoms with Gasteiger partial charge < -0.3 is 4.90 Å². The predicted octanol–water partition coefficient (Wildman–Crippen LogP) is 3.98. The highest BCUT2D eigenvalue weighted by atomic mass is 16.2. The van der Waals surface area contributed by atoms with E-state index >= 15 is 0 Å². The molecule has 0 atom stereocenters. The van der Waals surface area contributed by atoms with Gasteiger partial charge in [-0.1, -0.05) is 43.3 Å². The molecule has 2 aromatic carbocycles. The zero-order valence-corrected chi connectivity index (χ0v) is 14.5. The Labute approximate surface area is 142 Å². The normalized spacial score (nSPS) is 12.9. The summed E-state index contributed by atoms with van der Waals surface area (Å²) >= 11 is 0. The van der Waals surface area contributed by atoms with E-state index in [1.165, 1.54) is 16.5 Å². The first-order chi connectivity index (χ1) is 11.6. The van der Waals surface area contributed by atoms with Crippen molar-refractivity contribution in [3.63, 3.8) is 0 Å². The molecule has 1 aromatic heterocycles. The molecule has 0 fully saturated rings. The van der Waals surface area contributed by atoms with Crippen LogP contribution in [0.4, 0.5) is 0 Å². The molecule has 0 amide bonds. The van der Waals surface area contributed by atoms with Crippen LogP contribution in [-0.4, -0.2) is 36.0 Å². The molecule has 0 saturated heterocycles. The van der Waals surface area contributed by atoms with Crippen molar-refractivity contribution in [3.05, 3.63) is 59.2 Å². The number of benzene rings is 2. The van der Waals surface area contributed by atoms with Crippen molar-refractivity contribution in [3.8, 4) is 11.3 Å². The first-order valence-corrected chi connectivity index (χ1v) is 8.57. The molecular formula is C21H22N2O. The van der Waals surface area contributed by atoms with Crippen molar-refractivity contribution < 1.29 is 4.79 Å². The fourth-order valence-electron chi connectivity index (χ4n) is 3.83. The van der Waals surface area contributed by atoms with Crippen molar-refractivity contribution in [2.45, 2.75) is 19.8 Å². The van der Waals surface area contributed by atoms with Crippen LogP contribution in [0.5, 0.6) is 0 Å². The lowest BCUT2D eigenvalue weighted by molar-refractivity contribution is 0.0973. The standard InChI is InChI=1S/C21H22N2O/c1-4-14-8-7-11-15-17(12-13-22(2)3)20-16-9-5-6-10-18(16)21(24)23(20)19(14)15/h5-11H,4,12-13H2,1-3H3. The third kappa shape index (κ3) is 2.05. The second-order valence-corrected chi connectivity index (χ2v) is 6.73. The minimum Gasteiger partial charge on any atom is -0.309 e. The topological polar surface area (TPSA) is 25.2 Å². The number of fused-ring (bicyclic) bond motifs is 5. The van der Waals surface area contributed by atoms with Crippen molar-refractivity contribution >= 4 is 16.8 Å². The maximum absolute atomic E-state index is 13.1. The predicted molar refractivity (Wildman–Crippen MR) is 98.7 cm³/mol. The Hall–Kier alpha value is -2.39. The molecule has 4 rings (SSSR count). The first-order valence-electron chi connectivity index (χ1n) is 8.57. The Morgan fingerprint density at radius 3 is 2.46 bits per heavy atom. The number of likely N-dealkylation sites (N-methyl/N-ethyl adjacent to an activating group) is 1. The molecule has 3 nitrogen and oxygen atoms in total. The number of hydrogen-bond donors (Lipinski definition) is 0. The minimum atomic E-state index is 0.114. The maximum Gasteiger partial charge on any atom is 0.263 e. The van der Waals surface area contributed by atoms with Crippen molar-refractivity contribution in [2.24, 2.45) is 0 Å². The van der Waals surface area contributed by atoms with E-state index in [4.69, 9.17) is 0 Å². The van der Waals surface area contributed by atoms with Crippen molar-refractivity contribution in [1.82, 2.24) is 9.47 Å². The van der Waals surface area contributed by atoms with E-state index < -0.39 is 0 Å². The van der Waals surface area contributed by atoms with E-state index in [0.29, 0.717) is 0 Å². The summed E-state index contributed by atoms with van der Waals surface area (Å²) in [4.78, 5) is 15.3. The molecule has 0 saturated carbocycles. The Bertz CT molecular complexity index is 950. The van der Waals surface area contributed by atoms with Crippen LogP contribution in [-0.2, 0) is 12.8 Å². The van der Waals surface area contributed by atoms with E-state index in [0.717, 1.165) is 41.7 Å². The summed E-state index contributed by atoms with van der Waals surface area (Å²) in [5.74, 6) is 0.114. The van der Waals surface area contributed by atoms with Gasteiger partial charge in [-0.3, -0.25) is 9.36 Å². The van der Waals surface area contributed by atoms with Gasteiger partial charge in [0.05, 0.1) is 11.2 Å². The van der Waals surface area contributed by atoms with Crippen molar-refractivity contribution in [2.75, 3.05) is 20.6 Å². The van der Waals surface area contributed by atoms with Crippen LogP contribution in [0, 0.1) is 0 Å². The SMILES string of the molecule is CCc1cccc2c(CCN(C)C)c3n(c12)C(=O)c1ccccc1-3. The van der Waals surface area contributed by atoms with E-state index in [1.807, 2.05) is 22.8 Å². The lowest BCUT2D eigenvalue weighted by Crippen LogP contribution is -2.15. The van der Waals surface area contributed by atoms with Crippen LogP contribution in [0.3, 0.4) is 0 Å². The van der Waals surface area contributed by atoms with Gasteiger partial charge in [-0.15, -0.1) is 0 Å². The summed E-state index contributed by atoms with van der Waals surface area (Å²) in [7, 11) is 4.18. The lowest BCUT2D eigenvalue weighted by Gasteiger charge is -2.10. The third-order valence-corrected chi connectivity index (χ3v) is 4.98. The van der Waals surface area contributed by atoms with E-state index in [2.05, 4.69) is 50.2 Å². The van der Waals surface area contributed by atoms with Gasteiger partial charge in [0.1, 0.15) is 0 Å². The van der Waals surface area contributed by atoms with Gasteiger partial charge in [-0.05, 0) is 44.1 Å². The van der Waals surface area contributed by atoms with E-state index in [-0.39, 0.29) is 5.91 Å². The molecule has 3 heteroatoms. The number of para-hydroxylation sites is 1. The quantitative estimate of drug-likeness (QED) is 0.569. The van der Waals surface area contributed by atoms with E-state index in [1.54, 1.807) is 0 Å². The third-order valence-electron chi connectivity index (χ3n) is 4.98. The van der Waals surface area contributed by atoms with Gasteiger partial charge in [0.2, 0.25) is 0 Å². The highest BCUT2D eigenvalue weighted by Crippen LogP contribution is 2.42. The summed E-state index contributed by atoms with van der Waals surface area (Å²) < 4.78 is 1.96. The second kappa shape index (κ2) is 5.60. The molecule has 0 N–H and O–H groups in total. The number of hydrogen-bond acceptors (Lipinski definition) is 2. The van der Waals surface area contributed by atoms with Gasteiger partial charge >= 0.3 is 0 Å². The molecule has 0 radical (unpaired) electrons. The van der Waals surface area contributed by atoms with Crippen LogP contribution in [0.15, 0.2) is 42.5 Å².